The van der Waals surface area contributed by atoms with E-state index < -0.39 is 0 Å². The fourth-order valence-corrected chi connectivity index (χ4v) is 2.98. The molecule has 0 amide bonds. The van der Waals surface area contributed by atoms with Crippen molar-refractivity contribution in [3.8, 4) is 0 Å². The zero-order valence-electron chi connectivity index (χ0n) is 12.2. The van der Waals surface area contributed by atoms with Crippen molar-refractivity contribution >= 4 is 21.9 Å². The third kappa shape index (κ3) is 1.84. The van der Waals surface area contributed by atoms with Crippen LogP contribution >= 0.6 is 0 Å². The molecule has 108 valence electrons. The van der Waals surface area contributed by atoms with E-state index in [0.29, 0.717) is 6.54 Å². The Morgan fingerprint density at radius 2 is 1.73 bits per heavy atom. The topological polar surface area (TPSA) is 39.8 Å². The van der Waals surface area contributed by atoms with Crippen molar-refractivity contribution in [2.45, 2.75) is 6.54 Å². The van der Waals surface area contributed by atoms with Crippen LogP contribution in [0.25, 0.3) is 21.9 Å². The lowest BCUT2D eigenvalue weighted by Gasteiger charge is -2.07. The Morgan fingerprint density at radius 3 is 2.59 bits per heavy atom. The first-order valence-corrected chi connectivity index (χ1v) is 7.22. The molecule has 22 heavy (non-hydrogen) atoms. The molecular formula is C18H15N3O. The summed E-state index contributed by atoms with van der Waals surface area (Å²) in [5, 5.41) is 1.09. The van der Waals surface area contributed by atoms with Crippen molar-refractivity contribution in [3.63, 3.8) is 0 Å². The van der Waals surface area contributed by atoms with E-state index in [-0.39, 0.29) is 5.69 Å². The smallest absolute Gasteiger partial charge is 0.295 e. The monoisotopic (exact) mass is 289 g/mol. The molecule has 4 heteroatoms. The van der Waals surface area contributed by atoms with Crippen molar-refractivity contribution < 1.29 is 0 Å². The summed E-state index contributed by atoms with van der Waals surface area (Å²) in [5.41, 5.74) is 3.89. The van der Waals surface area contributed by atoms with Gasteiger partial charge in [0.2, 0.25) is 0 Å². The highest BCUT2D eigenvalue weighted by Crippen LogP contribution is 2.19. The van der Waals surface area contributed by atoms with Crippen LogP contribution in [-0.2, 0) is 13.6 Å². The van der Waals surface area contributed by atoms with Gasteiger partial charge in [0.05, 0.1) is 23.1 Å². The average molecular weight is 289 g/mol. The summed E-state index contributed by atoms with van der Waals surface area (Å²) in [6.45, 7) is 0.522. The van der Waals surface area contributed by atoms with Crippen LogP contribution in [0.1, 0.15) is 5.56 Å². The summed E-state index contributed by atoms with van der Waals surface area (Å²) < 4.78 is 3.49. The molecular weight excluding hydrogens is 274 g/mol. The fraction of sp³-hybridized carbons (Fsp3) is 0.111. The van der Waals surface area contributed by atoms with Gasteiger partial charge in [-0.2, -0.15) is 0 Å². The molecule has 0 unspecified atom stereocenters. The van der Waals surface area contributed by atoms with E-state index in [1.54, 1.807) is 15.3 Å². The number of aryl methyl sites for hydroxylation is 1. The minimum absolute atomic E-state index is 0.00543. The van der Waals surface area contributed by atoms with Gasteiger partial charge < -0.3 is 0 Å². The lowest BCUT2D eigenvalue weighted by Crippen LogP contribution is -2.22. The van der Waals surface area contributed by atoms with Crippen LogP contribution in [-0.4, -0.2) is 14.1 Å². The van der Waals surface area contributed by atoms with Gasteiger partial charge in [-0.05, 0) is 23.8 Å². The number of hydrogen-bond acceptors (Lipinski definition) is 2. The minimum Gasteiger partial charge on any atom is -0.295 e. The van der Waals surface area contributed by atoms with Crippen molar-refractivity contribution in [2.75, 3.05) is 0 Å². The van der Waals surface area contributed by atoms with E-state index in [9.17, 15) is 4.79 Å². The van der Waals surface area contributed by atoms with Crippen LogP contribution in [0.2, 0.25) is 0 Å². The summed E-state index contributed by atoms with van der Waals surface area (Å²) in [6.07, 6.45) is 1.79. The Kier molecular flexibility index (Phi) is 2.82. The first-order valence-electron chi connectivity index (χ1n) is 7.22. The van der Waals surface area contributed by atoms with Gasteiger partial charge in [-0.1, -0.05) is 36.4 Å². The highest BCUT2D eigenvalue weighted by Gasteiger charge is 2.11. The number of rotatable bonds is 2. The van der Waals surface area contributed by atoms with E-state index in [2.05, 4.69) is 4.98 Å². The van der Waals surface area contributed by atoms with Crippen molar-refractivity contribution in [1.82, 2.24) is 14.1 Å². The van der Waals surface area contributed by atoms with Gasteiger partial charge in [0, 0.05) is 18.6 Å². The summed E-state index contributed by atoms with van der Waals surface area (Å²) >= 11 is 0. The normalized spacial score (nSPS) is 11.3. The summed E-state index contributed by atoms with van der Waals surface area (Å²) in [5.74, 6) is 0. The van der Waals surface area contributed by atoms with E-state index in [1.807, 2.05) is 61.6 Å². The van der Waals surface area contributed by atoms with E-state index >= 15 is 0 Å². The molecule has 0 aliphatic heterocycles. The van der Waals surface area contributed by atoms with Gasteiger partial charge in [-0.15, -0.1) is 0 Å². The van der Waals surface area contributed by atoms with Gasteiger partial charge >= 0.3 is 5.69 Å². The number of fused-ring (bicyclic) bond motifs is 2. The Labute approximate surface area is 127 Å². The molecule has 4 nitrogen and oxygen atoms in total. The van der Waals surface area contributed by atoms with Crippen LogP contribution < -0.4 is 5.69 Å². The maximum Gasteiger partial charge on any atom is 0.329 e. The molecule has 0 saturated carbocycles. The highest BCUT2D eigenvalue weighted by atomic mass is 16.1. The average Bonchev–Trinajstić information content (AvgIpc) is 2.81. The molecule has 0 saturated heterocycles. The quantitative estimate of drug-likeness (QED) is 0.569. The van der Waals surface area contributed by atoms with Gasteiger partial charge in [-0.25, -0.2) is 4.79 Å². The Morgan fingerprint density at radius 1 is 0.955 bits per heavy atom. The molecule has 2 aromatic carbocycles. The number of imidazole rings is 1. The van der Waals surface area contributed by atoms with E-state index in [0.717, 1.165) is 27.5 Å². The molecule has 0 bridgehead atoms. The molecule has 2 aromatic heterocycles. The molecule has 2 heterocycles. The molecule has 0 aliphatic rings. The van der Waals surface area contributed by atoms with E-state index in [4.69, 9.17) is 0 Å². The molecule has 0 radical (unpaired) electrons. The highest BCUT2D eigenvalue weighted by molar-refractivity contribution is 5.82. The molecule has 0 spiro atoms. The van der Waals surface area contributed by atoms with Crippen LogP contribution in [0.4, 0.5) is 0 Å². The lowest BCUT2D eigenvalue weighted by molar-refractivity contribution is 0.738. The van der Waals surface area contributed by atoms with Crippen LogP contribution in [0, 0.1) is 0 Å². The number of benzene rings is 2. The van der Waals surface area contributed by atoms with Crippen LogP contribution in [0.15, 0.2) is 65.6 Å². The number of pyridine rings is 1. The SMILES string of the molecule is Cn1c(=O)n(Cc2cccc3cccnc23)c2ccccc21. The van der Waals surface area contributed by atoms with Crippen molar-refractivity contribution in [2.24, 2.45) is 7.05 Å². The second kappa shape index (κ2) is 4.84. The van der Waals surface area contributed by atoms with Crippen LogP contribution in [0.3, 0.4) is 0 Å². The Bertz CT molecular complexity index is 1040. The van der Waals surface area contributed by atoms with Crippen LogP contribution in [0.5, 0.6) is 0 Å². The van der Waals surface area contributed by atoms with Gasteiger partial charge in [0.25, 0.3) is 0 Å². The second-order valence-corrected chi connectivity index (χ2v) is 5.41. The Hall–Kier alpha value is -2.88. The first kappa shape index (κ1) is 12.8. The number of para-hydroxylation sites is 3. The van der Waals surface area contributed by atoms with Gasteiger partial charge in [0.15, 0.2) is 0 Å². The molecule has 0 atom stereocenters. The number of aromatic nitrogens is 3. The molecule has 4 rings (SSSR count). The van der Waals surface area contributed by atoms with E-state index in [1.165, 1.54) is 0 Å². The molecule has 0 fully saturated rings. The molecule has 0 N–H and O–H groups in total. The third-order valence-electron chi connectivity index (χ3n) is 4.10. The standard InChI is InChI=1S/C18H15N3O/c1-20-15-9-2-3-10-16(15)21(18(20)22)12-14-7-4-6-13-8-5-11-19-17(13)14/h2-11H,12H2,1H3. The van der Waals surface area contributed by atoms with Gasteiger partial charge in [0.1, 0.15) is 0 Å². The van der Waals surface area contributed by atoms with Gasteiger partial charge in [-0.3, -0.25) is 14.1 Å². The molecule has 0 aliphatic carbocycles. The minimum atomic E-state index is -0.00543. The maximum absolute atomic E-state index is 12.5. The predicted molar refractivity (Wildman–Crippen MR) is 88.0 cm³/mol. The maximum atomic E-state index is 12.5. The number of hydrogen-bond donors (Lipinski definition) is 0. The lowest BCUT2D eigenvalue weighted by atomic mass is 10.1. The fourth-order valence-electron chi connectivity index (χ4n) is 2.98. The Balaban J connectivity index is 1.94. The molecule has 4 aromatic rings. The predicted octanol–water partition coefficient (Wildman–Crippen LogP) is 2.94. The summed E-state index contributed by atoms with van der Waals surface area (Å²) in [7, 11) is 1.81. The third-order valence-corrected chi connectivity index (χ3v) is 4.10. The van der Waals surface area contributed by atoms with Crippen molar-refractivity contribution in [3.05, 3.63) is 76.8 Å². The number of nitrogens with zero attached hydrogens (tertiary/aromatic N) is 3. The summed E-state index contributed by atoms with van der Waals surface area (Å²) in [4.78, 5) is 17.0. The first-order chi connectivity index (χ1) is 10.8. The zero-order chi connectivity index (χ0) is 15.1. The largest absolute Gasteiger partial charge is 0.329 e. The summed E-state index contributed by atoms with van der Waals surface area (Å²) in [6, 6.07) is 17.9. The van der Waals surface area contributed by atoms with Crippen molar-refractivity contribution in [1.29, 1.82) is 0 Å². The zero-order valence-corrected chi connectivity index (χ0v) is 12.2. The second-order valence-electron chi connectivity index (χ2n) is 5.41.